The zero-order valence-corrected chi connectivity index (χ0v) is 27.6. The number of aliphatic imine (C=N–C) groups is 1. The van der Waals surface area contributed by atoms with Gasteiger partial charge in [-0.3, -0.25) is 9.98 Å². The second-order valence-electron chi connectivity index (χ2n) is 14.2. The Labute approximate surface area is 287 Å². The van der Waals surface area contributed by atoms with Crippen LogP contribution in [0.2, 0.25) is 0 Å². The van der Waals surface area contributed by atoms with Crippen molar-refractivity contribution in [3.05, 3.63) is 191 Å². The Morgan fingerprint density at radius 1 is 0.735 bits per heavy atom. The van der Waals surface area contributed by atoms with Crippen LogP contribution in [0, 0.1) is 0 Å². The van der Waals surface area contributed by atoms with E-state index in [1.165, 1.54) is 71.6 Å². The van der Waals surface area contributed by atoms with Crippen LogP contribution in [-0.4, -0.2) is 11.2 Å². The zero-order valence-electron chi connectivity index (χ0n) is 27.6. The fourth-order valence-electron chi connectivity index (χ4n) is 9.01. The summed E-state index contributed by atoms with van der Waals surface area (Å²) in [5, 5.41) is 5.26. The monoisotopic (exact) mass is 628 g/mol. The third-order valence-corrected chi connectivity index (χ3v) is 11.5. The Hall–Kier alpha value is -5.60. The molecule has 0 radical (unpaired) electrons. The summed E-state index contributed by atoms with van der Waals surface area (Å²) in [7, 11) is 0. The second-order valence-corrected chi connectivity index (χ2v) is 14.2. The fraction of sp³-hybridized carbons (Fsp3) is 0.149. The summed E-state index contributed by atoms with van der Waals surface area (Å²) in [4.78, 5) is 10.3. The number of benzene rings is 5. The van der Waals surface area contributed by atoms with E-state index >= 15 is 0 Å². The van der Waals surface area contributed by atoms with Crippen LogP contribution in [0.3, 0.4) is 0 Å². The van der Waals surface area contributed by atoms with E-state index < -0.39 is 0 Å². The molecule has 234 valence electrons. The van der Waals surface area contributed by atoms with Crippen LogP contribution >= 0.6 is 0 Å². The topological polar surface area (TPSA) is 25.2 Å². The van der Waals surface area contributed by atoms with Crippen molar-refractivity contribution in [2.45, 2.75) is 43.1 Å². The van der Waals surface area contributed by atoms with Crippen LogP contribution < -0.4 is 0 Å². The van der Waals surface area contributed by atoms with E-state index in [-0.39, 0.29) is 17.4 Å². The van der Waals surface area contributed by atoms with Crippen LogP contribution in [0.4, 0.5) is 0 Å². The molecule has 2 nitrogen and oxygen atoms in total. The molecule has 0 saturated heterocycles. The lowest BCUT2D eigenvalue weighted by atomic mass is 9.61. The van der Waals surface area contributed by atoms with Gasteiger partial charge in [-0.15, -0.1) is 0 Å². The molecule has 4 aliphatic rings. The Morgan fingerprint density at radius 2 is 1.51 bits per heavy atom. The van der Waals surface area contributed by atoms with Crippen molar-refractivity contribution >= 4 is 33.3 Å². The molecule has 6 aromatic rings. The number of fused-ring (bicyclic) bond motifs is 12. The molecule has 10 rings (SSSR count). The molecule has 1 aliphatic heterocycles. The van der Waals surface area contributed by atoms with Gasteiger partial charge in [0.25, 0.3) is 0 Å². The standard InChI is InChI=1S/C47H36N2/c1-47-23-9-8-22-43(47)39-21-7-6-20-38(39)42-29-49-46(27-44(42)47)33-15-11-13-31(25-33)30-12-10-14-32(24-30)45-26-40-36-18-4-2-16-34(36)35-17-3-5-19-37(35)41(40)28-48-45/h2-12,14-25,27-29,31,43,45H,13,26H2,1H3. The molecule has 2 heteroatoms. The summed E-state index contributed by atoms with van der Waals surface area (Å²) in [6, 6.07) is 38.1. The van der Waals surface area contributed by atoms with Gasteiger partial charge in [-0.2, -0.15) is 0 Å². The third-order valence-electron chi connectivity index (χ3n) is 11.5. The first-order valence-corrected chi connectivity index (χ1v) is 17.6. The van der Waals surface area contributed by atoms with Crippen LogP contribution in [0.5, 0.6) is 0 Å². The number of pyridine rings is 1. The molecule has 49 heavy (non-hydrogen) atoms. The lowest BCUT2D eigenvalue weighted by Gasteiger charge is -2.42. The molecular weight excluding hydrogens is 593 g/mol. The van der Waals surface area contributed by atoms with Crippen LogP contribution in [-0.2, 0) is 11.8 Å². The highest BCUT2D eigenvalue weighted by atomic mass is 14.8. The second kappa shape index (κ2) is 11.0. The third kappa shape index (κ3) is 4.40. The van der Waals surface area contributed by atoms with Gasteiger partial charge in [0, 0.05) is 47.2 Å². The number of rotatable bonds is 3. The molecule has 0 bridgehead atoms. The van der Waals surface area contributed by atoms with E-state index in [4.69, 9.17) is 9.98 Å². The zero-order chi connectivity index (χ0) is 32.5. The minimum atomic E-state index is -0.112. The average molecular weight is 629 g/mol. The highest BCUT2D eigenvalue weighted by molar-refractivity contribution is 6.16. The van der Waals surface area contributed by atoms with E-state index in [2.05, 4.69) is 165 Å². The highest BCUT2D eigenvalue weighted by Gasteiger charge is 2.41. The maximum absolute atomic E-state index is 5.17. The summed E-state index contributed by atoms with van der Waals surface area (Å²) in [6.07, 6.45) is 22.3. The molecule has 4 unspecified atom stereocenters. The smallest absolute Gasteiger partial charge is 0.0790 e. The van der Waals surface area contributed by atoms with Gasteiger partial charge < -0.3 is 0 Å². The Balaban J connectivity index is 0.994. The van der Waals surface area contributed by atoms with Gasteiger partial charge in [-0.25, -0.2) is 0 Å². The summed E-state index contributed by atoms with van der Waals surface area (Å²) in [6.45, 7) is 2.38. The first-order chi connectivity index (χ1) is 24.2. The van der Waals surface area contributed by atoms with Crippen LogP contribution in [0.25, 0.3) is 38.2 Å². The number of allylic oxidation sites excluding steroid dienone is 8. The Morgan fingerprint density at radius 3 is 2.41 bits per heavy atom. The summed E-state index contributed by atoms with van der Waals surface area (Å²) in [5.74, 6) is 0.595. The average Bonchev–Trinajstić information content (AvgIpc) is 3.18. The number of hydrogen-bond acceptors (Lipinski definition) is 2. The van der Waals surface area contributed by atoms with Crippen molar-refractivity contribution in [2.24, 2.45) is 4.99 Å². The quantitative estimate of drug-likeness (QED) is 0.179. The minimum absolute atomic E-state index is 0.0936. The molecule has 4 atom stereocenters. The van der Waals surface area contributed by atoms with Gasteiger partial charge in [-0.1, -0.05) is 147 Å². The van der Waals surface area contributed by atoms with Crippen LogP contribution in [0.15, 0.2) is 157 Å². The van der Waals surface area contributed by atoms with Gasteiger partial charge >= 0.3 is 0 Å². The molecule has 0 saturated carbocycles. The van der Waals surface area contributed by atoms with Crippen LogP contribution in [0.1, 0.15) is 70.3 Å². The van der Waals surface area contributed by atoms with E-state index in [9.17, 15) is 0 Å². The summed E-state index contributed by atoms with van der Waals surface area (Å²) < 4.78 is 0. The molecule has 0 amide bonds. The van der Waals surface area contributed by atoms with Gasteiger partial charge in [0.2, 0.25) is 0 Å². The summed E-state index contributed by atoms with van der Waals surface area (Å²) in [5.41, 5.74) is 12.7. The molecule has 0 spiro atoms. The van der Waals surface area contributed by atoms with Crippen molar-refractivity contribution in [3.8, 4) is 11.1 Å². The normalized spacial score (nSPS) is 23.1. The van der Waals surface area contributed by atoms with E-state index in [1.807, 2.05) is 0 Å². The SMILES string of the molecule is CC12C=CC=CC1c1ccccc1-c1cnc(C3=CC(c4cccc(C5Cc6c(c7ccccc7c7ccccc67)C=N5)c4)CC=C3)cc12. The first-order valence-electron chi connectivity index (χ1n) is 17.6. The number of aromatic nitrogens is 1. The molecule has 3 aliphatic carbocycles. The minimum Gasteiger partial charge on any atom is -0.284 e. The number of nitrogens with zero attached hydrogens (tertiary/aromatic N) is 2. The first kappa shape index (κ1) is 28.4. The lowest BCUT2D eigenvalue weighted by molar-refractivity contribution is 0.518. The van der Waals surface area contributed by atoms with Crippen molar-refractivity contribution in [3.63, 3.8) is 0 Å². The lowest BCUT2D eigenvalue weighted by Crippen LogP contribution is -2.33. The summed E-state index contributed by atoms with van der Waals surface area (Å²) >= 11 is 0. The van der Waals surface area contributed by atoms with Crippen molar-refractivity contribution in [2.75, 3.05) is 0 Å². The molecule has 5 aromatic carbocycles. The molecule has 2 heterocycles. The number of hydrogen-bond donors (Lipinski definition) is 0. The van der Waals surface area contributed by atoms with Gasteiger partial charge in [0.15, 0.2) is 0 Å². The van der Waals surface area contributed by atoms with Gasteiger partial charge in [0.05, 0.1) is 11.7 Å². The van der Waals surface area contributed by atoms with Gasteiger partial charge in [0.1, 0.15) is 0 Å². The van der Waals surface area contributed by atoms with E-state index in [0.717, 1.165) is 18.5 Å². The largest absolute Gasteiger partial charge is 0.284 e. The maximum atomic E-state index is 5.17. The predicted molar refractivity (Wildman–Crippen MR) is 204 cm³/mol. The van der Waals surface area contributed by atoms with Crippen molar-refractivity contribution in [1.82, 2.24) is 4.98 Å². The van der Waals surface area contributed by atoms with Crippen molar-refractivity contribution in [1.29, 1.82) is 0 Å². The van der Waals surface area contributed by atoms with Gasteiger partial charge in [-0.05, 0) is 73.0 Å². The molecular formula is C47H36N2. The maximum Gasteiger partial charge on any atom is 0.0790 e. The van der Waals surface area contributed by atoms with E-state index in [1.54, 1.807) is 0 Å². The Bertz CT molecular complexity index is 2490. The molecule has 0 N–H and O–H groups in total. The predicted octanol–water partition coefficient (Wildman–Crippen LogP) is 11.4. The van der Waals surface area contributed by atoms with Crippen molar-refractivity contribution < 1.29 is 0 Å². The van der Waals surface area contributed by atoms with E-state index in [0.29, 0.717) is 5.92 Å². The molecule has 1 aromatic heterocycles. The Kier molecular flexibility index (Phi) is 6.36. The molecule has 0 fully saturated rings. The fourth-order valence-corrected chi connectivity index (χ4v) is 9.01. The highest BCUT2D eigenvalue weighted by Crippen LogP contribution is 2.53.